The Morgan fingerprint density at radius 2 is 2.00 bits per heavy atom. The molecule has 144 valence electrons. The number of hydrogen-bond donors (Lipinski definition) is 2. The number of carbonyl (C=O) groups is 2. The summed E-state index contributed by atoms with van der Waals surface area (Å²) < 4.78 is 11.0. The number of carbonyl (C=O) groups excluding carboxylic acids is 2. The maximum absolute atomic E-state index is 12.3. The molecule has 1 fully saturated rings. The van der Waals surface area contributed by atoms with E-state index in [9.17, 15) is 9.59 Å². The van der Waals surface area contributed by atoms with Crippen LogP contribution in [0.5, 0.6) is 11.5 Å². The minimum Gasteiger partial charge on any atom is -0.486 e. The number of benzene rings is 2. The van der Waals surface area contributed by atoms with Gasteiger partial charge in [-0.3, -0.25) is 9.59 Å². The molecule has 0 aliphatic carbocycles. The van der Waals surface area contributed by atoms with Crippen molar-refractivity contribution >= 4 is 40.1 Å². The average molecular weight is 397 g/mol. The van der Waals surface area contributed by atoms with Crippen molar-refractivity contribution in [3.63, 3.8) is 0 Å². The van der Waals surface area contributed by atoms with Gasteiger partial charge in [0.25, 0.3) is 0 Å². The first-order chi connectivity index (χ1) is 13.6. The van der Waals surface area contributed by atoms with Gasteiger partial charge in [0.1, 0.15) is 18.5 Å². The topological polar surface area (TPSA) is 89.0 Å². The Labute approximate surface area is 166 Å². The van der Waals surface area contributed by atoms with Crippen LogP contribution in [0.15, 0.2) is 47.5 Å². The minimum absolute atomic E-state index is 0.0744. The molecule has 7 nitrogen and oxygen atoms in total. The van der Waals surface area contributed by atoms with E-state index in [0.717, 1.165) is 11.3 Å². The fraction of sp³-hybridized carbons (Fsp3) is 0.250. The third-order valence-electron chi connectivity index (χ3n) is 4.32. The summed E-state index contributed by atoms with van der Waals surface area (Å²) in [4.78, 5) is 29.0. The highest BCUT2D eigenvalue weighted by Gasteiger charge is 2.32. The van der Waals surface area contributed by atoms with Crippen molar-refractivity contribution in [3.8, 4) is 11.5 Å². The van der Waals surface area contributed by atoms with Crippen LogP contribution >= 0.6 is 11.8 Å². The number of rotatable bonds is 4. The first-order valence-corrected chi connectivity index (χ1v) is 9.78. The third kappa shape index (κ3) is 4.12. The SMILES string of the molecule is Cc1ccccc1NC(=O)C[C@@H]1SC(=Nc2ccc3c(c2)OCCO3)NC1=O. The molecule has 0 bridgehead atoms. The Bertz CT molecular complexity index is 960. The molecule has 8 heteroatoms. The molecule has 2 amide bonds. The van der Waals surface area contributed by atoms with Gasteiger partial charge < -0.3 is 20.1 Å². The van der Waals surface area contributed by atoms with E-state index in [1.54, 1.807) is 18.2 Å². The normalized spacial score (nSPS) is 19.4. The van der Waals surface area contributed by atoms with Crippen molar-refractivity contribution in [1.82, 2.24) is 5.32 Å². The molecular weight excluding hydrogens is 378 g/mol. The van der Waals surface area contributed by atoms with Crippen LogP contribution in [0.25, 0.3) is 0 Å². The van der Waals surface area contributed by atoms with Gasteiger partial charge in [-0.05, 0) is 30.7 Å². The van der Waals surface area contributed by atoms with Crippen molar-refractivity contribution in [1.29, 1.82) is 0 Å². The van der Waals surface area contributed by atoms with Crippen molar-refractivity contribution in [2.24, 2.45) is 4.99 Å². The van der Waals surface area contributed by atoms with Crippen LogP contribution in [0.4, 0.5) is 11.4 Å². The number of hydrogen-bond acceptors (Lipinski definition) is 6. The largest absolute Gasteiger partial charge is 0.486 e. The Kier molecular flexibility index (Phi) is 5.21. The second kappa shape index (κ2) is 7.93. The lowest BCUT2D eigenvalue weighted by Gasteiger charge is -2.18. The molecule has 28 heavy (non-hydrogen) atoms. The molecule has 0 aromatic heterocycles. The fourth-order valence-corrected chi connectivity index (χ4v) is 3.88. The summed E-state index contributed by atoms with van der Waals surface area (Å²) in [7, 11) is 0. The van der Waals surface area contributed by atoms with E-state index in [0.29, 0.717) is 35.6 Å². The second-order valence-electron chi connectivity index (χ2n) is 6.41. The molecule has 2 heterocycles. The maximum atomic E-state index is 12.3. The minimum atomic E-state index is -0.514. The van der Waals surface area contributed by atoms with Gasteiger partial charge in [-0.1, -0.05) is 30.0 Å². The van der Waals surface area contributed by atoms with Crippen molar-refractivity contribution in [2.45, 2.75) is 18.6 Å². The molecule has 2 aromatic rings. The number of fused-ring (bicyclic) bond motifs is 1. The predicted octanol–water partition coefficient (Wildman–Crippen LogP) is 3.01. The van der Waals surface area contributed by atoms with Crippen LogP contribution in [0.3, 0.4) is 0 Å². The molecule has 2 aromatic carbocycles. The molecule has 0 spiro atoms. The molecule has 2 aliphatic heterocycles. The van der Waals surface area contributed by atoms with E-state index in [1.807, 2.05) is 31.2 Å². The summed E-state index contributed by atoms with van der Waals surface area (Å²) in [5, 5.41) is 5.54. The van der Waals surface area contributed by atoms with E-state index in [-0.39, 0.29) is 18.2 Å². The lowest BCUT2D eigenvalue weighted by atomic mass is 10.2. The van der Waals surface area contributed by atoms with E-state index in [2.05, 4.69) is 15.6 Å². The van der Waals surface area contributed by atoms with Gasteiger partial charge >= 0.3 is 0 Å². The highest BCUT2D eigenvalue weighted by Crippen LogP contribution is 2.34. The number of nitrogens with one attached hydrogen (secondary N) is 2. The fourth-order valence-electron chi connectivity index (χ4n) is 2.89. The Balaban J connectivity index is 1.40. The van der Waals surface area contributed by atoms with Crippen molar-refractivity contribution in [3.05, 3.63) is 48.0 Å². The van der Waals surface area contributed by atoms with Crippen LogP contribution in [0, 0.1) is 6.92 Å². The van der Waals surface area contributed by atoms with Gasteiger partial charge in [-0.25, -0.2) is 4.99 Å². The van der Waals surface area contributed by atoms with Crippen molar-refractivity contribution < 1.29 is 19.1 Å². The van der Waals surface area contributed by atoms with Gasteiger partial charge in [0.05, 0.1) is 5.69 Å². The molecule has 1 atom stereocenters. The van der Waals surface area contributed by atoms with Crippen LogP contribution in [0.1, 0.15) is 12.0 Å². The van der Waals surface area contributed by atoms with Gasteiger partial charge in [0, 0.05) is 18.2 Å². The number of anilines is 1. The summed E-state index contributed by atoms with van der Waals surface area (Å²) in [5.41, 5.74) is 2.37. The first kappa shape index (κ1) is 18.4. The van der Waals surface area contributed by atoms with E-state index in [1.165, 1.54) is 11.8 Å². The number of ether oxygens (including phenoxy) is 2. The summed E-state index contributed by atoms with van der Waals surface area (Å²) in [6.07, 6.45) is 0.0744. The standard InChI is InChI=1S/C20H19N3O4S/c1-12-4-2-3-5-14(12)22-18(24)11-17-19(25)23-20(28-17)21-13-6-7-15-16(10-13)27-9-8-26-15/h2-7,10,17H,8-9,11H2,1H3,(H,22,24)(H,21,23,25)/t17-/m0/s1. The van der Waals surface area contributed by atoms with Crippen LogP contribution in [0.2, 0.25) is 0 Å². The predicted molar refractivity (Wildman–Crippen MR) is 108 cm³/mol. The smallest absolute Gasteiger partial charge is 0.240 e. The summed E-state index contributed by atoms with van der Waals surface area (Å²) in [6, 6.07) is 12.9. The number of amides is 2. The number of aliphatic imine (C=N–C) groups is 1. The summed E-state index contributed by atoms with van der Waals surface area (Å²) in [6.45, 7) is 2.94. The molecular formula is C20H19N3O4S. The molecule has 4 rings (SSSR count). The summed E-state index contributed by atoms with van der Waals surface area (Å²) in [5.74, 6) is 0.893. The number of amidine groups is 1. The number of aryl methyl sites for hydroxylation is 1. The monoisotopic (exact) mass is 397 g/mol. The first-order valence-electron chi connectivity index (χ1n) is 8.90. The number of nitrogens with zero attached hydrogens (tertiary/aromatic N) is 1. The zero-order valence-electron chi connectivity index (χ0n) is 15.2. The summed E-state index contributed by atoms with van der Waals surface area (Å²) >= 11 is 1.25. The lowest BCUT2D eigenvalue weighted by molar-refractivity contribution is -0.122. The quantitative estimate of drug-likeness (QED) is 0.828. The molecule has 1 saturated heterocycles. The van der Waals surface area contributed by atoms with Gasteiger partial charge in [0.15, 0.2) is 16.7 Å². The Morgan fingerprint density at radius 1 is 1.21 bits per heavy atom. The van der Waals surface area contributed by atoms with Crippen LogP contribution in [-0.4, -0.2) is 35.4 Å². The average Bonchev–Trinajstić information content (AvgIpc) is 3.02. The highest BCUT2D eigenvalue weighted by atomic mass is 32.2. The Morgan fingerprint density at radius 3 is 2.82 bits per heavy atom. The van der Waals surface area contributed by atoms with E-state index in [4.69, 9.17) is 9.47 Å². The Hall–Kier alpha value is -3.00. The number of para-hydroxylation sites is 1. The zero-order chi connectivity index (χ0) is 19.5. The molecule has 0 radical (unpaired) electrons. The molecule has 0 saturated carbocycles. The van der Waals surface area contributed by atoms with Crippen LogP contribution in [-0.2, 0) is 9.59 Å². The highest BCUT2D eigenvalue weighted by molar-refractivity contribution is 8.15. The zero-order valence-corrected chi connectivity index (χ0v) is 16.0. The molecule has 2 N–H and O–H groups in total. The second-order valence-corrected chi connectivity index (χ2v) is 7.60. The van der Waals surface area contributed by atoms with Gasteiger partial charge in [-0.2, -0.15) is 0 Å². The number of thioether (sulfide) groups is 1. The van der Waals surface area contributed by atoms with Crippen LogP contribution < -0.4 is 20.1 Å². The maximum Gasteiger partial charge on any atom is 0.240 e. The van der Waals surface area contributed by atoms with Gasteiger partial charge in [-0.15, -0.1) is 0 Å². The lowest BCUT2D eigenvalue weighted by Crippen LogP contribution is -2.28. The van der Waals surface area contributed by atoms with E-state index >= 15 is 0 Å². The molecule has 2 aliphatic rings. The van der Waals surface area contributed by atoms with Gasteiger partial charge in [0.2, 0.25) is 11.8 Å². The molecule has 0 unspecified atom stereocenters. The third-order valence-corrected chi connectivity index (χ3v) is 5.40. The van der Waals surface area contributed by atoms with E-state index < -0.39 is 5.25 Å². The van der Waals surface area contributed by atoms with Crippen molar-refractivity contribution in [2.75, 3.05) is 18.5 Å².